The highest BCUT2D eigenvalue weighted by molar-refractivity contribution is 7.92. The van der Waals surface area contributed by atoms with Crippen molar-refractivity contribution in [3.8, 4) is 11.4 Å². The van der Waals surface area contributed by atoms with E-state index in [9.17, 15) is 17.9 Å². The summed E-state index contributed by atoms with van der Waals surface area (Å²) in [6.45, 7) is 5.68. The Kier molecular flexibility index (Phi) is 4.78. The fourth-order valence-electron chi connectivity index (χ4n) is 3.66. The molecule has 0 aliphatic heterocycles. The van der Waals surface area contributed by atoms with Crippen molar-refractivity contribution in [2.24, 2.45) is 0 Å². The third-order valence-corrected chi connectivity index (χ3v) is 6.72. The lowest BCUT2D eigenvalue weighted by Crippen LogP contribution is -2.13. The number of halogens is 1. The van der Waals surface area contributed by atoms with Gasteiger partial charge < -0.3 is 9.67 Å². The summed E-state index contributed by atoms with van der Waals surface area (Å²) in [6.07, 6.45) is 0. The van der Waals surface area contributed by atoms with Crippen LogP contribution < -0.4 is 4.72 Å². The lowest BCUT2D eigenvalue weighted by Gasteiger charge is -2.16. The van der Waals surface area contributed by atoms with Crippen molar-refractivity contribution in [3.63, 3.8) is 0 Å². The zero-order chi connectivity index (χ0) is 21.6. The summed E-state index contributed by atoms with van der Waals surface area (Å²) in [4.78, 5) is -0.0467. The largest absolute Gasteiger partial charge is 0.505 e. The number of aromatic hydroxyl groups is 1. The molecule has 0 atom stereocenters. The van der Waals surface area contributed by atoms with Gasteiger partial charge in [-0.25, -0.2) is 12.8 Å². The van der Waals surface area contributed by atoms with E-state index < -0.39 is 15.8 Å². The van der Waals surface area contributed by atoms with Gasteiger partial charge in [0.1, 0.15) is 11.6 Å². The highest BCUT2D eigenvalue weighted by Crippen LogP contribution is 2.36. The molecule has 0 aliphatic carbocycles. The van der Waals surface area contributed by atoms with Crippen molar-refractivity contribution in [2.45, 2.75) is 25.7 Å². The number of hydrogen-bond donors (Lipinski definition) is 2. The molecule has 1 heterocycles. The Morgan fingerprint density at radius 1 is 0.967 bits per heavy atom. The summed E-state index contributed by atoms with van der Waals surface area (Å²) < 4.78 is 43.1. The molecule has 0 unspecified atom stereocenters. The highest BCUT2D eigenvalue weighted by atomic mass is 32.2. The normalized spacial score (nSPS) is 11.7. The van der Waals surface area contributed by atoms with Crippen molar-refractivity contribution < 1.29 is 17.9 Å². The molecule has 7 heteroatoms. The van der Waals surface area contributed by atoms with Gasteiger partial charge in [-0.05, 0) is 74.4 Å². The molecule has 0 bridgehead atoms. The van der Waals surface area contributed by atoms with Crippen LogP contribution >= 0.6 is 0 Å². The minimum absolute atomic E-state index is 0.0467. The number of rotatable bonds is 4. The maximum Gasteiger partial charge on any atom is 0.261 e. The van der Waals surface area contributed by atoms with Crippen molar-refractivity contribution in [2.75, 3.05) is 4.72 Å². The third-order valence-electron chi connectivity index (χ3n) is 5.32. The predicted octanol–water partition coefficient (Wildman–Crippen LogP) is 5.20. The smallest absolute Gasteiger partial charge is 0.261 e. The van der Waals surface area contributed by atoms with Gasteiger partial charge in [0.15, 0.2) is 0 Å². The molecule has 4 aromatic rings. The molecule has 30 heavy (non-hydrogen) atoms. The number of phenols is 1. The van der Waals surface area contributed by atoms with Crippen LogP contribution in [-0.4, -0.2) is 18.1 Å². The first-order valence-corrected chi connectivity index (χ1v) is 10.9. The number of sulfonamides is 1. The van der Waals surface area contributed by atoms with Crippen LogP contribution in [0.25, 0.3) is 16.6 Å². The van der Waals surface area contributed by atoms with Crippen LogP contribution in [0.3, 0.4) is 0 Å². The molecule has 2 N–H and O–H groups in total. The van der Waals surface area contributed by atoms with E-state index in [1.807, 2.05) is 42.7 Å². The number of nitrogens with one attached hydrogen (secondary N) is 1. The second-order valence-corrected chi connectivity index (χ2v) is 8.97. The Labute approximate surface area is 174 Å². The Morgan fingerprint density at radius 3 is 2.33 bits per heavy atom. The SMILES string of the molecule is Cc1cc(NS(=O)(=O)c2ccc(F)cc2)cc(-n2c(C)c(C)c3ccccc32)c1O. The van der Waals surface area contributed by atoms with Gasteiger partial charge in [0.25, 0.3) is 10.0 Å². The van der Waals surface area contributed by atoms with E-state index in [-0.39, 0.29) is 10.6 Å². The number of anilines is 1. The molecule has 3 aromatic carbocycles. The van der Waals surface area contributed by atoms with Crippen LogP contribution in [0.15, 0.2) is 65.6 Å². The van der Waals surface area contributed by atoms with E-state index in [0.717, 1.165) is 34.3 Å². The number of aryl methyl sites for hydroxylation is 2. The number of nitrogens with zero attached hydrogens (tertiary/aromatic N) is 1. The summed E-state index contributed by atoms with van der Waals surface area (Å²) in [5.41, 5.74) is 4.26. The molecule has 0 aliphatic rings. The first-order chi connectivity index (χ1) is 14.2. The van der Waals surface area contributed by atoms with Gasteiger partial charge in [-0.1, -0.05) is 18.2 Å². The molecule has 4 rings (SSSR count). The van der Waals surface area contributed by atoms with Crippen LogP contribution in [0.4, 0.5) is 10.1 Å². The molecular weight excluding hydrogens is 403 g/mol. The Hall–Kier alpha value is -3.32. The lowest BCUT2D eigenvalue weighted by atomic mass is 10.1. The van der Waals surface area contributed by atoms with Gasteiger partial charge in [0.05, 0.1) is 21.8 Å². The van der Waals surface area contributed by atoms with Gasteiger partial charge in [0, 0.05) is 11.1 Å². The Balaban J connectivity index is 1.85. The van der Waals surface area contributed by atoms with E-state index in [2.05, 4.69) is 4.72 Å². The molecule has 0 amide bonds. The number of fused-ring (bicyclic) bond motifs is 1. The van der Waals surface area contributed by atoms with Crippen LogP contribution in [0.2, 0.25) is 0 Å². The third kappa shape index (κ3) is 3.31. The average molecular weight is 424 g/mol. The summed E-state index contributed by atoms with van der Waals surface area (Å²) in [6, 6.07) is 15.6. The number of phenolic OH excluding ortho intramolecular Hbond substituents is 1. The predicted molar refractivity (Wildman–Crippen MR) is 116 cm³/mol. The maximum atomic E-state index is 13.2. The monoisotopic (exact) mass is 424 g/mol. The van der Waals surface area contributed by atoms with E-state index >= 15 is 0 Å². The molecule has 5 nitrogen and oxygen atoms in total. The first-order valence-electron chi connectivity index (χ1n) is 9.38. The fourth-order valence-corrected chi connectivity index (χ4v) is 4.70. The second-order valence-electron chi connectivity index (χ2n) is 7.28. The summed E-state index contributed by atoms with van der Waals surface area (Å²) in [5.74, 6) is -0.439. The lowest BCUT2D eigenvalue weighted by molar-refractivity contribution is 0.468. The number of benzene rings is 3. The Bertz CT molecular complexity index is 1370. The molecule has 154 valence electrons. The van der Waals surface area contributed by atoms with E-state index in [0.29, 0.717) is 16.9 Å². The standard InChI is InChI=1S/C23H21FN2O3S/c1-14-12-18(25-30(28,29)19-10-8-17(24)9-11-19)13-22(23(14)27)26-16(3)15(2)20-6-4-5-7-21(20)26/h4-13,25,27H,1-3H3. The molecular formula is C23H21FN2O3S. The summed E-state index contributed by atoms with van der Waals surface area (Å²) in [7, 11) is -3.91. The van der Waals surface area contributed by atoms with Crippen molar-refractivity contribution in [1.82, 2.24) is 4.57 Å². The molecule has 0 saturated carbocycles. The zero-order valence-electron chi connectivity index (χ0n) is 16.8. The summed E-state index contributed by atoms with van der Waals surface area (Å²) in [5, 5.41) is 11.8. The van der Waals surface area contributed by atoms with Crippen molar-refractivity contribution >= 4 is 26.6 Å². The summed E-state index contributed by atoms with van der Waals surface area (Å²) >= 11 is 0. The molecule has 0 spiro atoms. The van der Waals surface area contributed by atoms with Gasteiger partial charge in [-0.3, -0.25) is 4.72 Å². The van der Waals surface area contributed by atoms with Gasteiger partial charge in [0.2, 0.25) is 0 Å². The molecule has 0 saturated heterocycles. The zero-order valence-corrected chi connectivity index (χ0v) is 17.6. The topological polar surface area (TPSA) is 71.3 Å². The van der Waals surface area contributed by atoms with E-state index in [1.54, 1.807) is 19.1 Å². The van der Waals surface area contributed by atoms with Gasteiger partial charge in [-0.2, -0.15) is 0 Å². The number of hydrogen-bond acceptors (Lipinski definition) is 3. The second kappa shape index (κ2) is 7.18. The van der Waals surface area contributed by atoms with Crippen LogP contribution in [-0.2, 0) is 10.0 Å². The average Bonchev–Trinajstić information content (AvgIpc) is 2.95. The van der Waals surface area contributed by atoms with Gasteiger partial charge >= 0.3 is 0 Å². The van der Waals surface area contributed by atoms with Crippen LogP contribution in [0.5, 0.6) is 5.75 Å². The maximum absolute atomic E-state index is 13.2. The van der Waals surface area contributed by atoms with Crippen LogP contribution in [0, 0.1) is 26.6 Å². The molecule has 0 radical (unpaired) electrons. The van der Waals surface area contributed by atoms with Crippen molar-refractivity contribution in [1.29, 1.82) is 0 Å². The number of para-hydroxylation sites is 1. The van der Waals surface area contributed by atoms with E-state index in [4.69, 9.17) is 0 Å². The number of aromatic nitrogens is 1. The van der Waals surface area contributed by atoms with Gasteiger partial charge in [-0.15, -0.1) is 0 Å². The first kappa shape index (κ1) is 20.0. The minimum atomic E-state index is -3.91. The van der Waals surface area contributed by atoms with Crippen molar-refractivity contribution in [3.05, 3.63) is 83.3 Å². The van der Waals surface area contributed by atoms with E-state index in [1.165, 1.54) is 12.1 Å². The van der Waals surface area contributed by atoms with Crippen LogP contribution in [0.1, 0.15) is 16.8 Å². The quantitative estimate of drug-likeness (QED) is 0.442. The molecule has 1 aromatic heterocycles. The molecule has 0 fully saturated rings. The Morgan fingerprint density at radius 2 is 1.63 bits per heavy atom. The fraction of sp³-hybridized carbons (Fsp3) is 0.130. The minimum Gasteiger partial charge on any atom is -0.505 e. The highest BCUT2D eigenvalue weighted by Gasteiger charge is 2.19.